The second-order valence-corrected chi connectivity index (χ2v) is 3.37. The van der Waals surface area contributed by atoms with Crippen molar-refractivity contribution in [1.82, 2.24) is 4.98 Å². The molecule has 0 saturated heterocycles. The Morgan fingerprint density at radius 3 is 2.85 bits per heavy atom. The monoisotopic (exact) mass is 175 g/mol. The molecule has 0 aliphatic carbocycles. The molecule has 0 bridgehead atoms. The van der Waals surface area contributed by atoms with Gasteiger partial charge in [-0.15, -0.1) is 6.42 Å². The summed E-state index contributed by atoms with van der Waals surface area (Å²) in [5.41, 5.74) is 5.86. The first-order valence-electron chi connectivity index (χ1n) is 4.01. The van der Waals surface area contributed by atoms with Gasteiger partial charge in [0.05, 0.1) is 5.54 Å². The fraction of sp³-hybridized carbons (Fsp3) is 0.300. The topological polar surface area (TPSA) is 50.9 Å². The molecule has 0 aromatic carbocycles. The summed E-state index contributed by atoms with van der Waals surface area (Å²) in [7, 11) is 0. The normalized spacial score (nSPS) is 10.5. The van der Waals surface area contributed by atoms with Gasteiger partial charge in [-0.25, -0.2) is 4.98 Å². The maximum Gasteiger partial charge on any atom is 0.129 e. The first kappa shape index (κ1) is 9.40. The minimum atomic E-state index is -0.402. The number of nitrogens with two attached hydrogens (primary N) is 1. The predicted molar refractivity (Wildman–Crippen MR) is 55.2 cm³/mol. The summed E-state index contributed by atoms with van der Waals surface area (Å²) < 4.78 is 0. The molecule has 0 fully saturated rings. The van der Waals surface area contributed by atoms with E-state index in [1.807, 2.05) is 13.8 Å². The van der Waals surface area contributed by atoms with Gasteiger partial charge in [-0.3, -0.25) is 0 Å². The van der Waals surface area contributed by atoms with Crippen molar-refractivity contribution < 1.29 is 0 Å². The first-order valence-corrected chi connectivity index (χ1v) is 4.01. The van der Waals surface area contributed by atoms with Crippen molar-refractivity contribution in [2.75, 3.05) is 11.1 Å². The third-order valence-corrected chi connectivity index (χ3v) is 1.59. The van der Waals surface area contributed by atoms with Crippen LogP contribution in [0.1, 0.15) is 13.8 Å². The minimum Gasteiger partial charge on any atom is -0.399 e. The average molecular weight is 175 g/mol. The largest absolute Gasteiger partial charge is 0.399 e. The van der Waals surface area contributed by atoms with Gasteiger partial charge in [-0.2, -0.15) is 0 Å². The number of terminal acetylenes is 1. The molecule has 0 unspecified atom stereocenters. The van der Waals surface area contributed by atoms with Crippen LogP contribution in [0.15, 0.2) is 18.3 Å². The van der Waals surface area contributed by atoms with E-state index >= 15 is 0 Å². The number of nitrogens with one attached hydrogen (secondary N) is 1. The number of hydrogen-bond acceptors (Lipinski definition) is 3. The summed E-state index contributed by atoms with van der Waals surface area (Å²) in [5.74, 6) is 3.31. The fourth-order valence-corrected chi connectivity index (χ4v) is 0.872. The van der Waals surface area contributed by atoms with Crippen molar-refractivity contribution in [3.05, 3.63) is 18.3 Å². The van der Waals surface area contributed by atoms with Crippen LogP contribution in [-0.4, -0.2) is 10.5 Å². The number of anilines is 2. The molecule has 0 spiro atoms. The zero-order valence-electron chi connectivity index (χ0n) is 7.83. The summed E-state index contributed by atoms with van der Waals surface area (Å²) in [6.07, 6.45) is 6.96. The quantitative estimate of drug-likeness (QED) is 0.669. The zero-order valence-corrected chi connectivity index (χ0v) is 7.83. The standard InChI is InChI=1S/C10H13N3/c1-4-10(2,3)13-9-7-8(11)5-6-12-9/h1,5-7H,2-3H3,(H3,11,12,13). The van der Waals surface area contributed by atoms with Crippen LogP contribution in [0, 0.1) is 12.3 Å². The highest BCUT2D eigenvalue weighted by Gasteiger charge is 2.13. The van der Waals surface area contributed by atoms with Crippen LogP contribution < -0.4 is 11.1 Å². The molecule has 0 aliphatic rings. The molecule has 1 aromatic heterocycles. The molecular formula is C10H13N3. The number of rotatable bonds is 2. The molecule has 3 N–H and O–H groups in total. The molecule has 0 amide bonds. The van der Waals surface area contributed by atoms with E-state index in [-0.39, 0.29) is 0 Å². The van der Waals surface area contributed by atoms with Crippen LogP contribution in [0.25, 0.3) is 0 Å². The minimum absolute atomic E-state index is 0.402. The third kappa shape index (κ3) is 2.68. The van der Waals surface area contributed by atoms with E-state index < -0.39 is 5.54 Å². The van der Waals surface area contributed by atoms with Crippen LogP contribution in [0.5, 0.6) is 0 Å². The smallest absolute Gasteiger partial charge is 0.129 e. The number of aromatic nitrogens is 1. The van der Waals surface area contributed by atoms with E-state index in [4.69, 9.17) is 12.2 Å². The summed E-state index contributed by atoms with van der Waals surface area (Å²) in [5, 5.41) is 3.08. The second kappa shape index (κ2) is 3.36. The molecule has 0 aliphatic heterocycles. The van der Waals surface area contributed by atoms with Gasteiger partial charge in [0.25, 0.3) is 0 Å². The maximum atomic E-state index is 5.59. The Kier molecular flexibility index (Phi) is 2.43. The van der Waals surface area contributed by atoms with Crippen LogP contribution in [-0.2, 0) is 0 Å². The maximum absolute atomic E-state index is 5.59. The Bertz CT molecular complexity index is 336. The SMILES string of the molecule is C#CC(C)(C)Nc1cc(N)ccn1. The van der Waals surface area contributed by atoms with Crippen LogP contribution in [0.3, 0.4) is 0 Å². The molecule has 0 saturated carbocycles. The Morgan fingerprint density at radius 1 is 1.62 bits per heavy atom. The van der Waals surface area contributed by atoms with Crippen molar-refractivity contribution in [2.45, 2.75) is 19.4 Å². The Labute approximate surface area is 78.4 Å². The van der Waals surface area contributed by atoms with Crippen molar-refractivity contribution in [1.29, 1.82) is 0 Å². The van der Waals surface area contributed by atoms with Gasteiger partial charge in [0.2, 0.25) is 0 Å². The summed E-state index contributed by atoms with van der Waals surface area (Å²) in [4.78, 5) is 4.09. The first-order chi connectivity index (χ1) is 6.03. The zero-order chi connectivity index (χ0) is 9.90. The van der Waals surface area contributed by atoms with Gasteiger partial charge < -0.3 is 11.1 Å². The van der Waals surface area contributed by atoms with Gasteiger partial charge in [-0.1, -0.05) is 5.92 Å². The molecule has 68 valence electrons. The van der Waals surface area contributed by atoms with Crippen LogP contribution in [0.4, 0.5) is 11.5 Å². The van der Waals surface area contributed by atoms with E-state index in [1.54, 1.807) is 18.3 Å². The number of nitrogens with zero attached hydrogens (tertiary/aromatic N) is 1. The lowest BCUT2D eigenvalue weighted by molar-refractivity contribution is 0.736. The van der Waals surface area contributed by atoms with Crippen molar-refractivity contribution >= 4 is 11.5 Å². The van der Waals surface area contributed by atoms with Crippen molar-refractivity contribution in [3.8, 4) is 12.3 Å². The van der Waals surface area contributed by atoms with Gasteiger partial charge in [0.1, 0.15) is 5.82 Å². The van der Waals surface area contributed by atoms with Crippen LogP contribution >= 0.6 is 0 Å². The highest BCUT2D eigenvalue weighted by Crippen LogP contribution is 2.13. The van der Waals surface area contributed by atoms with Gasteiger partial charge in [0, 0.05) is 18.0 Å². The van der Waals surface area contributed by atoms with Crippen molar-refractivity contribution in [3.63, 3.8) is 0 Å². The number of hydrogen-bond donors (Lipinski definition) is 2. The lowest BCUT2D eigenvalue weighted by Gasteiger charge is -2.20. The second-order valence-electron chi connectivity index (χ2n) is 3.37. The van der Waals surface area contributed by atoms with E-state index in [1.165, 1.54) is 0 Å². The summed E-state index contributed by atoms with van der Waals surface area (Å²) >= 11 is 0. The molecule has 1 rings (SSSR count). The van der Waals surface area contributed by atoms with Crippen LogP contribution in [0.2, 0.25) is 0 Å². The van der Waals surface area contributed by atoms with E-state index in [0.29, 0.717) is 11.5 Å². The molecule has 3 nitrogen and oxygen atoms in total. The lowest BCUT2D eigenvalue weighted by atomic mass is 10.1. The lowest BCUT2D eigenvalue weighted by Crippen LogP contribution is -2.28. The Balaban J connectivity index is 2.82. The molecule has 1 heterocycles. The summed E-state index contributed by atoms with van der Waals surface area (Å²) in [6.45, 7) is 3.80. The highest BCUT2D eigenvalue weighted by atomic mass is 15.0. The number of pyridine rings is 1. The molecule has 0 radical (unpaired) electrons. The van der Waals surface area contributed by atoms with E-state index in [2.05, 4.69) is 16.2 Å². The predicted octanol–water partition coefficient (Wildman–Crippen LogP) is 1.49. The summed E-state index contributed by atoms with van der Waals surface area (Å²) in [6, 6.07) is 3.48. The van der Waals surface area contributed by atoms with E-state index in [0.717, 1.165) is 0 Å². The molecule has 3 heteroatoms. The average Bonchev–Trinajstić information content (AvgIpc) is 2.03. The molecule has 1 aromatic rings. The Hall–Kier alpha value is -1.69. The fourth-order valence-electron chi connectivity index (χ4n) is 0.872. The molecule has 13 heavy (non-hydrogen) atoms. The third-order valence-electron chi connectivity index (χ3n) is 1.59. The van der Waals surface area contributed by atoms with Gasteiger partial charge in [0.15, 0.2) is 0 Å². The van der Waals surface area contributed by atoms with Gasteiger partial charge >= 0.3 is 0 Å². The molecule has 0 atom stereocenters. The van der Waals surface area contributed by atoms with Crippen molar-refractivity contribution in [2.24, 2.45) is 0 Å². The molecular weight excluding hydrogens is 162 g/mol. The number of nitrogen functional groups attached to an aromatic ring is 1. The van der Waals surface area contributed by atoms with E-state index in [9.17, 15) is 0 Å². The van der Waals surface area contributed by atoms with Gasteiger partial charge in [-0.05, 0) is 19.9 Å². The highest BCUT2D eigenvalue weighted by molar-refractivity contribution is 5.50. The Morgan fingerprint density at radius 2 is 2.31 bits per heavy atom.